The number of carbonyl (C=O) groups excluding carboxylic acids is 1. The molecule has 0 bridgehead atoms. The van der Waals surface area contributed by atoms with E-state index in [-0.39, 0.29) is 5.91 Å². The Hall–Kier alpha value is -2.66. The molecule has 0 saturated carbocycles. The van der Waals surface area contributed by atoms with Gasteiger partial charge < -0.3 is 10.1 Å². The molecular formula is C16H12N2O2S. The van der Waals surface area contributed by atoms with E-state index < -0.39 is 0 Å². The van der Waals surface area contributed by atoms with Crippen molar-refractivity contribution in [1.29, 1.82) is 0 Å². The molecule has 1 aromatic heterocycles. The number of aromatic nitrogens is 1. The van der Waals surface area contributed by atoms with Gasteiger partial charge in [0.25, 0.3) is 11.1 Å². The van der Waals surface area contributed by atoms with Crippen LogP contribution in [0, 0.1) is 0 Å². The van der Waals surface area contributed by atoms with Gasteiger partial charge in [-0.25, -0.2) is 0 Å². The van der Waals surface area contributed by atoms with Crippen molar-refractivity contribution >= 4 is 22.9 Å². The van der Waals surface area contributed by atoms with E-state index in [9.17, 15) is 4.79 Å². The van der Waals surface area contributed by atoms with E-state index in [4.69, 9.17) is 4.74 Å². The van der Waals surface area contributed by atoms with E-state index in [0.29, 0.717) is 16.6 Å². The maximum absolute atomic E-state index is 12.1. The van der Waals surface area contributed by atoms with E-state index in [1.165, 1.54) is 11.3 Å². The number of ether oxygens (including phenoxy) is 1. The van der Waals surface area contributed by atoms with Gasteiger partial charge in [-0.2, -0.15) is 4.98 Å². The summed E-state index contributed by atoms with van der Waals surface area (Å²) in [6.07, 6.45) is 0. The number of benzene rings is 2. The fourth-order valence-corrected chi connectivity index (χ4v) is 2.38. The van der Waals surface area contributed by atoms with Crippen LogP contribution in [0.2, 0.25) is 0 Å². The van der Waals surface area contributed by atoms with E-state index in [2.05, 4.69) is 10.3 Å². The van der Waals surface area contributed by atoms with Crippen molar-refractivity contribution in [2.75, 3.05) is 5.32 Å². The molecule has 3 rings (SSSR count). The molecule has 1 heterocycles. The highest BCUT2D eigenvalue weighted by Gasteiger charge is 2.12. The van der Waals surface area contributed by atoms with Crippen LogP contribution >= 0.6 is 11.3 Å². The number of hydrogen-bond acceptors (Lipinski definition) is 4. The highest BCUT2D eigenvalue weighted by atomic mass is 32.1. The summed E-state index contributed by atoms with van der Waals surface area (Å²) in [7, 11) is 0. The second kappa shape index (κ2) is 6.19. The molecule has 0 saturated heterocycles. The SMILES string of the molecule is O=C(Nc1ccccc1)c1csc(Oc2ccccc2)n1. The smallest absolute Gasteiger partial charge is 0.279 e. The lowest BCUT2D eigenvalue weighted by molar-refractivity contribution is 0.102. The number of amides is 1. The maximum Gasteiger partial charge on any atom is 0.279 e. The number of thiazole rings is 1. The van der Waals surface area contributed by atoms with Crippen molar-refractivity contribution in [2.24, 2.45) is 0 Å². The predicted octanol–water partition coefficient (Wildman–Crippen LogP) is 4.19. The van der Waals surface area contributed by atoms with Crippen LogP contribution < -0.4 is 10.1 Å². The lowest BCUT2D eigenvalue weighted by Gasteiger charge is -2.02. The van der Waals surface area contributed by atoms with Crippen molar-refractivity contribution in [3.05, 3.63) is 71.7 Å². The van der Waals surface area contributed by atoms with Gasteiger partial charge in [0.05, 0.1) is 0 Å². The molecule has 0 aliphatic carbocycles. The predicted molar refractivity (Wildman–Crippen MR) is 83.0 cm³/mol. The van der Waals surface area contributed by atoms with Gasteiger partial charge in [-0.3, -0.25) is 4.79 Å². The molecule has 3 aromatic rings. The third kappa shape index (κ3) is 3.46. The summed E-state index contributed by atoms with van der Waals surface area (Å²) in [5.41, 5.74) is 1.08. The van der Waals surface area contributed by atoms with Gasteiger partial charge in [-0.1, -0.05) is 47.7 Å². The Morgan fingerprint density at radius 1 is 1.00 bits per heavy atom. The number of anilines is 1. The summed E-state index contributed by atoms with van der Waals surface area (Å²) in [6, 6.07) is 18.6. The summed E-state index contributed by atoms with van der Waals surface area (Å²) in [6.45, 7) is 0. The molecule has 1 N–H and O–H groups in total. The first-order chi connectivity index (χ1) is 10.3. The number of para-hydroxylation sites is 2. The Bertz CT molecular complexity index is 726. The van der Waals surface area contributed by atoms with Crippen LogP contribution in [0.4, 0.5) is 5.69 Å². The van der Waals surface area contributed by atoms with Crippen LogP contribution in [0.25, 0.3) is 0 Å². The van der Waals surface area contributed by atoms with Crippen molar-refractivity contribution in [3.8, 4) is 10.9 Å². The minimum Gasteiger partial charge on any atom is -0.431 e. The highest BCUT2D eigenvalue weighted by Crippen LogP contribution is 2.25. The number of rotatable bonds is 4. The zero-order valence-electron chi connectivity index (χ0n) is 11.0. The van der Waals surface area contributed by atoms with Crippen molar-refractivity contribution < 1.29 is 9.53 Å². The molecular weight excluding hydrogens is 284 g/mol. The fourth-order valence-electron chi connectivity index (χ4n) is 1.71. The quantitative estimate of drug-likeness (QED) is 0.785. The molecule has 0 aliphatic heterocycles. The van der Waals surface area contributed by atoms with Gasteiger partial charge in [0, 0.05) is 11.1 Å². The summed E-state index contributed by atoms with van der Waals surface area (Å²) in [5.74, 6) is 0.447. The third-order valence-electron chi connectivity index (χ3n) is 2.70. The Kier molecular flexibility index (Phi) is 3.93. The number of nitrogens with zero attached hydrogens (tertiary/aromatic N) is 1. The first-order valence-corrected chi connectivity index (χ1v) is 7.24. The zero-order chi connectivity index (χ0) is 14.5. The minimum absolute atomic E-state index is 0.250. The molecule has 21 heavy (non-hydrogen) atoms. The van der Waals surface area contributed by atoms with Gasteiger partial charge in [0.15, 0.2) is 0 Å². The fraction of sp³-hybridized carbons (Fsp3) is 0. The number of nitrogens with one attached hydrogen (secondary N) is 1. The van der Waals surface area contributed by atoms with Crippen LogP contribution in [-0.4, -0.2) is 10.9 Å². The first-order valence-electron chi connectivity index (χ1n) is 6.36. The molecule has 0 fully saturated rings. The van der Waals surface area contributed by atoms with Crippen molar-refractivity contribution in [1.82, 2.24) is 4.98 Å². The monoisotopic (exact) mass is 296 g/mol. The molecule has 0 unspecified atom stereocenters. The highest BCUT2D eigenvalue weighted by molar-refractivity contribution is 7.11. The summed E-state index contributed by atoms with van der Waals surface area (Å²) >= 11 is 1.29. The molecule has 5 heteroatoms. The standard InChI is InChI=1S/C16H12N2O2S/c19-15(17-12-7-3-1-4-8-12)14-11-21-16(18-14)20-13-9-5-2-6-10-13/h1-11H,(H,17,19). The minimum atomic E-state index is -0.250. The number of hydrogen-bond donors (Lipinski definition) is 1. The van der Waals surface area contributed by atoms with Crippen molar-refractivity contribution in [2.45, 2.75) is 0 Å². The van der Waals surface area contributed by atoms with Gasteiger partial charge in [-0.15, -0.1) is 0 Å². The molecule has 0 radical (unpaired) electrons. The van der Waals surface area contributed by atoms with Crippen LogP contribution in [0.5, 0.6) is 10.9 Å². The second-order valence-corrected chi connectivity index (χ2v) is 5.05. The van der Waals surface area contributed by atoms with E-state index in [1.807, 2.05) is 60.7 Å². The Labute approximate surface area is 126 Å². The summed E-state index contributed by atoms with van der Waals surface area (Å²) < 4.78 is 5.59. The van der Waals surface area contributed by atoms with E-state index in [1.54, 1.807) is 5.38 Å². The summed E-state index contributed by atoms with van der Waals surface area (Å²) in [4.78, 5) is 16.2. The average molecular weight is 296 g/mol. The molecule has 0 atom stereocenters. The van der Waals surface area contributed by atoms with Gasteiger partial charge in [0.1, 0.15) is 11.4 Å². The first kappa shape index (κ1) is 13.3. The van der Waals surface area contributed by atoms with Gasteiger partial charge >= 0.3 is 0 Å². The lowest BCUT2D eigenvalue weighted by Crippen LogP contribution is -2.12. The lowest BCUT2D eigenvalue weighted by atomic mass is 10.3. The molecule has 2 aromatic carbocycles. The molecule has 104 valence electrons. The molecule has 0 spiro atoms. The molecule has 1 amide bonds. The van der Waals surface area contributed by atoms with Crippen LogP contribution in [0.3, 0.4) is 0 Å². The van der Waals surface area contributed by atoms with Crippen LogP contribution in [-0.2, 0) is 0 Å². The van der Waals surface area contributed by atoms with Gasteiger partial charge in [0.2, 0.25) is 0 Å². The Morgan fingerprint density at radius 2 is 1.67 bits per heavy atom. The molecule has 4 nitrogen and oxygen atoms in total. The average Bonchev–Trinajstić information content (AvgIpc) is 2.98. The maximum atomic E-state index is 12.1. The topological polar surface area (TPSA) is 51.2 Å². The second-order valence-electron chi connectivity index (χ2n) is 4.23. The Balaban J connectivity index is 1.68. The van der Waals surface area contributed by atoms with Crippen LogP contribution in [0.15, 0.2) is 66.0 Å². The number of carbonyl (C=O) groups is 1. The van der Waals surface area contributed by atoms with E-state index in [0.717, 1.165) is 5.69 Å². The van der Waals surface area contributed by atoms with E-state index >= 15 is 0 Å². The zero-order valence-corrected chi connectivity index (χ0v) is 11.8. The van der Waals surface area contributed by atoms with Crippen LogP contribution in [0.1, 0.15) is 10.5 Å². The normalized spacial score (nSPS) is 10.1. The summed E-state index contributed by atoms with van der Waals surface area (Å²) in [5, 5.41) is 4.91. The van der Waals surface area contributed by atoms with Gasteiger partial charge in [-0.05, 0) is 24.3 Å². The molecule has 0 aliphatic rings. The Morgan fingerprint density at radius 3 is 2.38 bits per heavy atom. The van der Waals surface area contributed by atoms with Crippen molar-refractivity contribution in [3.63, 3.8) is 0 Å². The largest absolute Gasteiger partial charge is 0.431 e. The third-order valence-corrected chi connectivity index (χ3v) is 3.41.